The van der Waals surface area contributed by atoms with E-state index in [1.165, 1.54) is 0 Å². The number of benzene rings is 1. The van der Waals surface area contributed by atoms with Gasteiger partial charge in [0.1, 0.15) is 6.10 Å². The number of amides is 1. The Morgan fingerprint density at radius 3 is 2.84 bits per heavy atom. The number of hydrogen-bond acceptors (Lipinski definition) is 4. The SMILES string of the molecule is CCCCC[C@H]1C[C@@H](CC(=O)NC(=S)Nc2ccccc2Cl)C(=O)O1. The zero-order valence-corrected chi connectivity index (χ0v) is 15.8. The van der Waals surface area contributed by atoms with Gasteiger partial charge in [-0.15, -0.1) is 0 Å². The highest BCUT2D eigenvalue weighted by molar-refractivity contribution is 7.80. The lowest BCUT2D eigenvalue weighted by molar-refractivity contribution is -0.145. The number of para-hydroxylation sites is 1. The molecule has 1 saturated heterocycles. The molecule has 0 aliphatic carbocycles. The maximum Gasteiger partial charge on any atom is 0.309 e. The zero-order chi connectivity index (χ0) is 18.2. The van der Waals surface area contributed by atoms with E-state index < -0.39 is 5.92 Å². The number of ether oxygens (including phenoxy) is 1. The van der Waals surface area contributed by atoms with Gasteiger partial charge in [0.15, 0.2) is 5.11 Å². The summed E-state index contributed by atoms with van der Waals surface area (Å²) in [6.07, 6.45) is 4.77. The van der Waals surface area contributed by atoms with Gasteiger partial charge < -0.3 is 15.4 Å². The molecule has 5 nitrogen and oxygen atoms in total. The van der Waals surface area contributed by atoms with Crippen molar-refractivity contribution in [2.45, 2.75) is 51.6 Å². The number of carbonyl (C=O) groups is 2. The van der Waals surface area contributed by atoms with E-state index in [4.69, 9.17) is 28.6 Å². The second-order valence-corrected chi connectivity index (χ2v) is 6.99. The molecule has 2 atom stereocenters. The molecule has 0 aromatic heterocycles. The van der Waals surface area contributed by atoms with E-state index in [9.17, 15) is 9.59 Å². The van der Waals surface area contributed by atoms with Gasteiger partial charge in [0.05, 0.1) is 16.6 Å². The smallest absolute Gasteiger partial charge is 0.309 e. The molecule has 1 fully saturated rings. The number of carbonyl (C=O) groups excluding carboxylic acids is 2. The van der Waals surface area contributed by atoms with Gasteiger partial charge >= 0.3 is 5.97 Å². The molecule has 1 aromatic rings. The number of halogens is 1. The van der Waals surface area contributed by atoms with Gasteiger partial charge in [-0.25, -0.2) is 0 Å². The van der Waals surface area contributed by atoms with Gasteiger partial charge in [0.2, 0.25) is 5.91 Å². The summed E-state index contributed by atoms with van der Waals surface area (Å²) in [5.74, 6) is -0.989. The normalized spacial score (nSPS) is 19.4. The van der Waals surface area contributed by atoms with Crippen LogP contribution in [0.5, 0.6) is 0 Å². The number of hydrogen-bond donors (Lipinski definition) is 2. The number of unbranched alkanes of at least 4 members (excludes halogenated alkanes) is 2. The third-order valence-electron chi connectivity index (χ3n) is 4.10. The number of rotatable bonds is 7. The van der Waals surface area contributed by atoms with Crippen LogP contribution in [0.25, 0.3) is 0 Å². The minimum Gasteiger partial charge on any atom is -0.462 e. The minimum absolute atomic E-state index is 0.0648. The maximum absolute atomic E-state index is 12.1. The van der Waals surface area contributed by atoms with Crippen LogP contribution >= 0.6 is 23.8 Å². The molecule has 0 radical (unpaired) electrons. The third-order valence-corrected chi connectivity index (χ3v) is 4.63. The van der Waals surface area contributed by atoms with Crippen LogP contribution in [0.1, 0.15) is 45.4 Å². The molecule has 1 aromatic carbocycles. The van der Waals surface area contributed by atoms with Gasteiger partial charge in [0.25, 0.3) is 0 Å². The monoisotopic (exact) mass is 382 g/mol. The molecule has 2 rings (SSSR count). The molecule has 25 heavy (non-hydrogen) atoms. The molecule has 1 aliphatic rings. The highest BCUT2D eigenvalue weighted by Crippen LogP contribution is 2.27. The Kier molecular flexibility index (Phi) is 7.65. The van der Waals surface area contributed by atoms with Crippen molar-refractivity contribution < 1.29 is 14.3 Å². The Morgan fingerprint density at radius 2 is 2.12 bits per heavy atom. The van der Waals surface area contributed by atoms with Crippen LogP contribution < -0.4 is 10.6 Å². The number of cyclic esters (lactones) is 1. The van der Waals surface area contributed by atoms with Crippen molar-refractivity contribution in [2.75, 3.05) is 5.32 Å². The zero-order valence-electron chi connectivity index (χ0n) is 14.2. The predicted octanol–water partition coefficient (Wildman–Crippen LogP) is 4.06. The van der Waals surface area contributed by atoms with Crippen molar-refractivity contribution in [3.8, 4) is 0 Å². The minimum atomic E-state index is -0.394. The average molecular weight is 383 g/mol. The molecule has 7 heteroatoms. The second-order valence-electron chi connectivity index (χ2n) is 6.17. The summed E-state index contributed by atoms with van der Waals surface area (Å²) in [5.41, 5.74) is 0.616. The van der Waals surface area contributed by atoms with Crippen LogP contribution in [0.4, 0.5) is 5.69 Å². The summed E-state index contributed by atoms with van der Waals surface area (Å²) in [7, 11) is 0. The Labute approximate surface area is 158 Å². The number of anilines is 1. The van der Waals surface area contributed by atoms with E-state index in [2.05, 4.69) is 17.6 Å². The molecule has 1 heterocycles. The van der Waals surface area contributed by atoms with Crippen LogP contribution in [-0.2, 0) is 14.3 Å². The third kappa shape index (κ3) is 6.29. The van der Waals surface area contributed by atoms with E-state index in [1.807, 2.05) is 6.07 Å². The van der Waals surface area contributed by atoms with Gasteiger partial charge in [-0.3, -0.25) is 9.59 Å². The first kappa shape index (κ1) is 19.7. The largest absolute Gasteiger partial charge is 0.462 e. The molecule has 0 spiro atoms. The van der Waals surface area contributed by atoms with Crippen molar-refractivity contribution >= 4 is 46.5 Å². The topological polar surface area (TPSA) is 67.4 Å². The van der Waals surface area contributed by atoms with E-state index in [1.54, 1.807) is 18.2 Å². The summed E-state index contributed by atoms with van der Waals surface area (Å²) in [6.45, 7) is 2.13. The Balaban J connectivity index is 1.77. The van der Waals surface area contributed by atoms with Crippen LogP contribution in [-0.4, -0.2) is 23.1 Å². The molecule has 136 valence electrons. The number of nitrogens with one attached hydrogen (secondary N) is 2. The lowest BCUT2D eigenvalue weighted by atomic mass is 9.98. The van der Waals surface area contributed by atoms with Crippen molar-refractivity contribution in [3.05, 3.63) is 29.3 Å². The van der Waals surface area contributed by atoms with Crippen LogP contribution in [0.3, 0.4) is 0 Å². The van der Waals surface area contributed by atoms with Gasteiger partial charge in [0, 0.05) is 6.42 Å². The van der Waals surface area contributed by atoms with Crippen molar-refractivity contribution in [3.63, 3.8) is 0 Å². The molecular weight excluding hydrogens is 360 g/mol. The molecular formula is C18H23ClN2O3S. The van der Waals surface area contributed by atoms with Crippen LogP contribution in [0.2, 0.25) is 5.02 Å². The fourth-order valence-corrected chi connectivity index (χ4v) is 3.21. The van der Waals surface area contributed by atoms with Gasteiger partial charge in [-0.05, 0) is 43.6 Å². The summed E-state index contributed by atoms with van der Waals surface area (Å²) < 4.78 is 5.35. The first-order valence-corrected chi connectivity index (χ1v) is 9.34. The van der Waals surface area contributed by atoms with E-state index in [-0.39, 0.29) is 29.5 Å². The Bertz CT molecular complexity index is 639. The first-order valence-electron chi connectivity index (χ1n) is 8.55. The van der Waals surface area contributed by atoms with Crippen LogP contribution in [0.15, 0.2) is 24.3 Å². The fraction of sp³-hybridized carbons (Fsp3) is 0.500. The van der Waals surface area contributed by atoms with Crippen molar-refractivity contribution in [1.82, 2.24) is 5.32 Å². The van der Waals surface area contributed by atoms with Crippen LogP contribution in [0, 0.1) is 5.92 Å². The first-order chi connectivity index (χ1) is 12.0. The standard InChI is InChI=1S/C18H23ClN2O3S/c1-2-3-4-7-13-10-12(17(23)24-13)11-16(22)21-18(25)20-15-9-6-5-8-14(15)19/h5-6,8-9,12-13H,2-4,7,10-11H2,1H3,(H2,20,21,22,25)/t12-,13-/m0/s1. The molecule has 1 amide bonds. The second kappa shape index (κ2) is 9.73. The van der Waals surface area contributed by atoms with E-state index in [0.717, 1.165) is 25.7 Å². The highest BCUT2D eigenvalue weighted by atomic mass is 35.5. The molecule has 0 unspecified atom stereocenters. The summed E-state index contributed by atoms with van der Waals surface area (Å²) in [6, 6.07) is 7.10. The number of esters is 1. The van der Waals surface area contributed by atoms with Crippen molar-refractivity contribution in [2.24, 2.45) is 5.92 Å². The lowest BCUT2D eigenvalue weighted by Gasteiger charge is -2.11. The highest BCUT2D eigenvalue weighted by Gasteiger charge is 2.35. The van der Waals surface area contributed by atoms with Gasteiger partial charge in [-0.1, -0.05) is 43.5 Å². The predicted molar refractivity (Wildman–Crippen MR) is 103 cm³/mol. The lowest BCUT2D eigenvalue weighted by Crippen LogP contribution is -2.35. The Hall–Kier alpha value is -1.66. The molecule has 0 bridgehead atoms. The summed E-state index contributed by atoms with van der Waals surface area (Å²) in [5, 5.41) is 6.12. The summed E-state index contributed by atoms with van der Waals surface area (Å²) in [4.78, 5) is 24.0. The molecule has 1 aliphatic heterocycles. The summed E-state index contributed by atoms with van der Waals surface area (Å²) >= 11 is 11.2. The molecule has 2 N–H and O–H groups in total. The molecule has 0 saturated carbocycles. The number of thiocarbonyl (C=S) groups is 1. The quantitative estimate of drug-likeness (QED) is 0.423. The Morgan fingerprint density at radius 1 is 1.36 bits per heavy atom. The average Bonchev–Trinajstić information content (AvgIpc) is 2.89. The van der Waals surface area contributed by atoms with E-state index >= 15 is 0 Å². The van der Waals surface area contributed by atoms with Gasteiger partial charge in [-0.2, -0.15) is 0 Å². The van der Waals surface area contributed by atoms with E-state index in [0.29, 0.717) is 17.1 Å². The maximum atomic E-state index is 12.1. The fourth-order valence-electron chi connectivity index (χ4n) is 2.81. The van der Waals surface area contributed by atoms with Crippen molar-refractivity contribution in [1.29, 1.82) is 0 Å².